The van der Waals surface area contributed by atoms with Crippen molar-refractivity contribution >= 4 is 66.4 Å². The van der Waals surface area contributed by atoms with E-state index in [-0.39, 0.29) is 0 Å². The Hall–Kier alpha value is -1.75. The van der Waals surface area contributed by atoms with Crippen LogP contribution in [0.25, 0.3) is 0 Å². The van der Waals surface area contributed by atoms with Gasteiger partial charge in [0.15, 0.2) is 0 Å². The van der Waals surface area contributed by atoms with Gasteiger partial charge in [-0.05, 0) is 84.2 Å². The lowest BCUT2D eigenvalue weighted by atomic mass is 10.4. The summed E-state index contributed by atoms with van der Waals surface area (Å²) < 4.78 is 2.86. The van der Waals surface area contributed by atoms with Crippen molar-refractivity contribution in [3.63, 3.8) is 0 Å². The molecule has 0 aliphatic carbocycles. The molecular weight excluding hydrogens is 590 g/mol. The van der Waals surface area contributed by atoms with Crippen LogP contribution < -0.4 is 0 Å². The predicted octanol–water partition coefficient (Wildman–Crippen LogP) is 4.92. The largest absolute Gasteiger partial charge is 0.349 e. The van der Waals surface area contributed by atoms with Gasteiger partial charge in [0.2, 0.25) is 0 Å². The molecule has 0 aliphatic heterocycles. The summed E-state index contributed by atoms with van der Waals surface area (Å²) >= 11 is 10.2. The third-order valence-corrected chi connectivity index (χ3v) is 5.73. The zero-order chi connectivity index (χ0) is 21.9. The van der Waals surface area contributed by atoms with Crippen LogP contribution in [0, 0.1) is 0 Å². The first-order valence-corrected chi connectivity index (χ1v) is 12.2. The maximum Gasteiger partial charge on any atom is 0.0825 e. The molecule has 10 heteroatoms. The number of rotatable bonds is 12. The molecule has 0 radical (unpaired) electrons. The number of halogens is 3. The second-order valence-electron chi connectivity index (χ2n) is 6.73. The van der Waals surface area contributed by atoms with E-state index in [1.807, 2.05) is 55.0 Å². The summed E-state index contributed by atoms with van der Waals surface area (Å²) in [6, 6.07) is 11.9. The Bertz CT molecular complexity index is 887. The number of nitrogens with one attached hydrogen (secondary N) is 3. The number of H-pyrrole nitrogens is 3. The molecule has 0 spiro atoms. The summed E-state index contributed by atoms with van der Waals surface area (Å²) in [5.41, 5.74) is 2.96. The summed E-state index contributed by atoms with van der Waals surface area (Å²) in [5.74, 6) is 0. The molecule has 3 N–H and O–H groups in total. The van der Waals surface area contributed by atoms with E-state index in [0.717, 1.165) is 70.2 Å². The number of hydrogen-bond donors (Lipinski definition) is 3. The molecule has 3 aromatic rings. The molecule has 7 nitrogen and oxygen atoms in total. The van der Waals surface area contributed by atoms with Gasteiger partial charge in [-0.15, -0.1) is 0 Å². The highest BCUT2D eigenvalue weighted by Crippen LogP contribution is 2.08. The topological polar surface area (TPSA) is 87.7 Å². The van der Waals surface area contributed by atoms with Gasteiger partial charge in [-0.25, -0.2) is 0 Å². The van der Waals surface area contributed by atoms with Gasteiger partial charge in [0.25, 0.3) is 0 Å². The first kappa shape index (κ1) is 23.9. The fraction of sp³-hybridized carbons (Fsp3) is 0.286. The monoisotopic (exact) mass is 611 g/mol. The molecule has 3 aromatic heterocycles. The summed E-state index contributed by atoms with van der Waals surface area (Å²) in [6.45, 7) is 4.72. The van der Waals surface area contributed by atoms with Gasteiger partial charge in [0, 0.05) is 38.3 Å². The lowest BCUT2D eigenvalue weighted by molar-refractivity contribution is 0.298. The third kappa shape index (κ3) is 9.10. The Balaban J connectivity index is 1.47. The maximum absolute atomic E-state index is 4.54. The molecule has 0 fully saturated rings. The first-order valence-electron chi connectivity index (χ1n) is 9.84. The van der Waals surface area contributed by atoms with Gasteiger partial charge in [-0.3, -0.25) is 19.9 Å². The minimum Gasteiger partial charge on any atom is -0.349 e. The Morgan fingerprint density at radius 3 is 1.16 bits per heavy atom. The summed E-state index contributed by atoms with van der Waals surface area (Å²) in [5, 5.41) is 0. The average molecular weight is 614 g/mol. The number of nitrogens with zero attached hydrogens (tertiary/aromatic N) is 4. The van der Waals surface area contributed by atoms with Crippen LogP contribution in [0.4, 0.5) is 0 Å². The van der Waals surface area contributed by atoms with Crippen molar-refractivity contribution in [3.8, 4) is 0 Å². The molecule has 0 unspecified atom stereocenters. The minimum absolute atomic E-state index is 0.719. The Morgan fingerprint density at radius 1 is 0.581 bits per heavy atom. The van der Waals surface area contributed by atoms with Crippen LogP contribution in [-0.4, -0.2) is 77.8 Å². The van der Waals surface area contributed by atoms with Crippen molar-refractivity contribution in [3.05, 3.63) is 67.3 Å². The predicted molar refractivity (Wildman–Crippen MR) is 139 cm³/mol. The average Bonchev–Trinajstić information content (AvgIpc) is 3.47. The maximum atomic E-state index is 4.54. The van der Waals surface area contributed by atoms with E-state index in [0.29, 0.717) is 0 Å². The van der Waals surface area contributed by atoms with Gasteiger partial charge in [0.1, 0.15) is 0 Å². The van der Waals surface area contributed by atoms with Gasteiger partial charge >= 0.3 is 0 Å². The first-order chi connectivity index (χ1) is 15.1. The van der Waals surface area contributed by atoms with Crippen LogP contribution in [0.2, 0.25) is 0 Å². The molecule has 0 amide bonds. The van der Waals surface area contributed by atoms with E-state index in [1.54, 1.807) is 0 Å². The number of aliphatic imine (C=N–C) groups is 3. The lowest BCUT2D eigenvalue weighted by Gasteiger charge is -2.19. The van der Waals surface area contributed by atoms with Crippen molar-refractivity contribution in [2.24, 2.45) is 15.0 Å². The van der Waals surface area contributed by atoms with E-state index >= 15 is 0 Å². The Morgan fingerprint density at radius 2 is 0.903 bits per heavy atom. The van der Waals surface area contributed by atoms with E-state index in [2.05, 4.69) is 82.6 Å². The third-order valence-electron chi connectivity index (χ3n) is 4.35. The van der Waals surface area contributed by atoms with E-state index in [4.69, 9.17) is 0 Å². The Labute approximate surface area is 207 Å². The smallest absolute Gasteiger partial charge is 0.0825 e. The van der Waals surface area contributed by atoms with E-state index in [9.17, 15) is 0 Å². The highest BCUT2D eigenvalue weighted by Gasteiger charge is 2.03. The van der Waals surface area contributed by atoms with Crippen molar-refractivity contribution in [1.29, 1.82) is 0 Å². The molecule has 0 atom stereocenters. The van der Waals surface area contributed by atoms with E-state index in [1.165, 1.54) is 0 Å². The standard InChI is InChI=1S/C21H24Br3N7/c22-19-4-1-16(28-19)13-25-7-10-31(11-8-26-14-17-2-5-20(23)29-17)12-9-27-15-18-3-6-21(24)30-18/h1-6,13-15,28-30H,7-12H2. The molecule has 0 bridgehead atoms. The van der Waals surface area contributed by atoms with Crippen LogP contribution in [0.3, 0.4) is 0 Å². The molecule has 31 heavy (non-hydrogen) atoms. The zero-order valence-corrected chi connectivity index (χ0v) is 21.6. The van der Waals surface area contributed by atoms with Crippen LogP contribution in [-0.2, 0) is 0 Å². The fourth-order valence-corrected chi connectivity index (χ4v) is 3.88. The molecule has 3 rings (SSSR count). The molecule has 3 heterocycles. The second kappa shape index (κ2) is 12.9. The summed E-state index contributed by atoms with van der Waals surface area (Å²) in [4.78, 5) is 25.5. The van der Waals surface area contributed by atoms with Gasteiger partial charge in [0.05, 0.1) is 50.5 Å². The van der Waals surface area contributed by atoms with Gasteiger partial charge in [-0.2, -0.15) is 0 Å². The SMILES string of the molecule is Brc1ccc(C=NCCN(CCN=Cc2ccc(Br)[nH]2)CCN=Cc2ccc(Br)[nH]2)[nH]1. The van der Waals surface area contributed by atoms with Crippen molar-refractivity contribution in [1.82, 2.24) is 19.9 Å². The second-order valence-corrected chi connectivity index (χ2v) is 9.30. The highest BCUT2D eigenvalue weighted by molar-refractivity contribution is 9.11. The van der Waals surface area contributed by atoms with Gasteiger partial charge < -0.3 is 15.0 Å². The quantitative estimate of drug-likeness (QED) is 0.249. The number of aromatic amines is 3. The normalized spacial score (nSPS) is 12.4. The Kier molecular flexibility index (Phi) is 9.98. The highest BCUT2D eigenvalue weighted by atomic mass is 79.9. The van der Waals surface area contributed by atoms with Crippen molar-refractivity contribution < 1.29 is 0 Å². The number of hydrogen-bond acceptors (Lipinski definition) is 4. The fourth-order valence-electron chi connectivity index (χ4n) is 2.80. The van der Waals surface area contributed by atoms with Crippen molar-refractivity contribution in [2.75, 3.05) is 39.3 Å². The van der Waals surface area contributed by atoms with Crippen LogP contribution >= 0.6 is 47.8 Å². The van der Waals surface area contributed by atoms with Gasteiger partial charge in [-0.1, -0.05) is 0 Å². The molecule has 0 aliphatic rings. The molecule has 0 saturated carbocycles. The van der Waals surface area contributed by atoms with Crippen LogP contribution in [0.5, 0.6) is 0 Å². The molecule has 164 valence electrons. The lowest BCUT2D eigenvalue weighted by Crippen LogP contribution is -2.31. The van der Waals surface area contributed by atoms with E-state index < -0.39 is 0 Å². The summed E-state index contributed by atoms with van der Waals surface area (Å²) in [6.07, 6.45) is 5.60. The molecule has 0 aromatic carbocycles. The minimum atomic E-state index is 0.719. The summed E-state index contributed by atoms with van der Waals surface area (Å²) in [7, 11) is 0. The molecular formula is C21H24Br3N7. The number of aromatic nitrogens is 3. The van der Waals surface area contributed by atoms with Crippen LogP contribution in [0.15, 0.2) is 65.2 Å². The zero-order valence-electron chi connectivity index (χ0n) is 16.9. The molecule has 0 saturated heterocycles. The van der Waals surface area contributed by atoms with Crippen molar-refractivity contribution in [2.45, 2.75) is 0 Å². The van der Waals surface area contributed by atoms with Crippen LogP contribution in [0.1, 0.15) is 17.1 Å².